The number of aromatic nitrogens is 2. The first-order valence-electron chi connectivity index (χ1n) is 12.4. The minimum Gasteiger partial charge on any atom is -0.486 e. The van der Waals surface area contributed by atoms with Crippen LogP contribution < -0.4 is 30.0 Å². The van der Waals surface area contributed by atoms with E-state index in [1.807, 2.05) is 66.7 Å². The third kappa shape index (κ3) is 5.04. The number of anilines is 1. The summed E-state index contributed by atoms with van der Waals surface area (Å²) in [5, 5.41) is 2.80. The lowest BCUT2D eigenvalue weighted by Crippen LogP contribution is -2.35. The minimum atomic E-state index is -0.368. The third-order valence-electron chi connectivity index (χ3n) is 6.36. The van der Waals surface area contributed by atoms with Crippen molar-refractivity contribution in [1.82, 2.24) is 9.55 Å². The Balaban J connectivity index is 1.13. The molecule has 2 aliphatic heterocycles. The number of rotatable bonds is 7. The van der Waals surface area contributed by atoms with Gasteiger partial charge in [0.1, 0.15) is 19.0 Å². The number of hydrogen-bond acceptors (Lipinski definition) is 7. The zero-order chi connectivity index (χ0) is 25.9. The molecule has 1 unspecified atom stereocenters. The van der Waals surface area contributed by atoms with Gasteiger partial charge in [0.15, 0.2) is 24.2 Å². The van der Waals surface area contributed by atoms with E-state index in [-0.39, 0.29) is 36.8 Å². The number of nitrogens with one attached hydrogen (secondary N) is 1. The molecule has 0 radical (unpaired) electrons. The summed E-state index contributed by atoms with van der Waals surface area (Å²) < 4.78 is 24.9. The average molecular weight is 512 g/mol. The van der Waals surface area contributed by atoms with Crippen LogP contribution in [0.1, 0.15) is 5.56 Å². The average Bonchev–Trinajstić information content (AvgIpc) is 2.95. The first-order valence-corrected chi connectivity index (χ1v) is 12.4. The van der Waals surface area contributed by atoms with Crippen molar-refractivity contribution in [2.45, 2.75) is 19.1 Å². The van der Waals surface area contributed by atoms with Gasteiger partial charge in [0.25, 0.3) is 5.91 Å². The van der Waals surface area contributed by atoms with Gasteiger partial charge in [-0.3, -0.25) is 9.36 Å². The Kier molecular flexibility index (Phi) is 6.39. The summed E-state index contributed by atoms with van der Waals surface area (Å²) >= 11 is 0. The molecule has 2 aliphatic rings. The van der Waals surface area contributed by atoms with Crippen LogP contribution in [0, 0.1) is 0 Å². The second-order valence-corrected chi connectivity index (χ2v) is 8.99. The molecule has 1 N–H and O–H groups in total. The molecule has 1 amide bonds. The van der Waals surface area contributed by atoms with Crippen molar-refractivity contribution in [2.75, 3.05) is 25.1 Å². The molecule has 0 bridgehead atoms. The van der Waals surface area contributed by atoms with E-state index in [0.29, 0.717) is 42.5 Å². The summed E-state index contributed by atoms with van der Waals surface area (Å²) in [4.78, 5) is 29.1. The Morgan fingerprint density at radius 3 is 2.68 bits per heavy atom. The molecule has 9 nitrogen and oxygen atoms in total. The van der Waals surface area contributed by atoms with Crippen LogP contribution >= 0.6 is 0 Å². The minimum absolute atomic E-state index is 0.108. The molecule has 0 aliphatic carbocycles. The van der Waals surface area contributed by atoms with Crippen molar-refractivity contribution in [3.63, 3.8) is 0 Å². The molecule has 4 aromatic rings. The third-order valence-corrected chi connectivity index (χ3v) is 6.36. The lowest BCUT2D eigenvalue weighted by atomic mass is 9.97. The summed E-state index contributed by atoms with van der Waals surface area (Å²) in [6.45, 7) is 0.913. The van der Waals surface area contributed by atoms with Gasteiger partial charge in [-0.15, -0.1) is 0 Å². The van der Waals surface area contributed by atoms with Gasteiger partial charge in [-0.05, 0) is 54.4 Å². The van der Waals surface area contributed by atoms with Gasteiger partial charge in [0.05, 0.1) is 5.69 Å². The van der Waals surface area contributed by atoms with E-state index in [0.717, 1.165) is 16.8 Å². The van der Waals surface area contributed by atoms with Crippen molar-refractivity contribution in [2.24, 2.45) is 0 Å². The van der Waals surface area contributed by atoms with Gasteiger partial charge in [-0.25, -0.2) is 4.79 Å². The van der Waals surface area contributed by atoms with Crippen molar-refractivity contribution < 1.29 is 23.7 Å². The summed E-state index contributed by atoms with van der Waals surface area (Å²) in [5.41, 5.74) is 2.98. The molecule has 1 aromatic heterocycles. The fraction of sp³-hybridized carbons (Fsp3) is 0.207. The van der Waals surface area contributed by atoms with Crippen LogP contribution in [-0.4, -0.2) is 41.4 Å². The highest BCUT2D eigenvalue weighted by atomic mass is 16.6. The molecule has 192 valence electrons. The first-order chi connectivity index (χ1) is 18.6. The molecule has 0 saturated heterocycles. The quantitative estimate of drug-likeness (QED) is 0.404. The number of carbonyl (C=O) groups is 1. The van der Waals surface area contributed by atoms with Crippen LogP contribution in [0.25, 0.3) is 11.3 Å². The van der Waals surface area contributed by atoms with Gasteiger partial charge in [0, 0.05) is 23.9 Å². The summed E-state index contributed by atoms with van der Waals surface area (Å²) in [5.74, 6) is 1.94. The molecule has 0 spiro atoms. The molecule has 38 heavy (non-hydrogen) atoms. The van der Waals surface area contributed by atoms with Crippen molar-refractivity contribution in [3.05, 3.63) is 94.9 Å². The van der Waals surface area contributed by atoms with E-state index in [2.05, 4.69) is 10.3 Å². The number of carbonyl (C=O) groups excluding carboxylic acids is 1. The van der Waals surface area contributed by atoms with E-state index in [1.54, 1.807) is 16.7 Å². The van der Waals surface area contributed by atoms with Crippen LogP contribution in [0.3, 0.4) is 0 Å². The molecule has 3 heterocycles. The van der Waals surface area contributed by atoms with Gasteiger partial charge >= 0.3 is 5.69 Å². The van der Waals surface area contributed by atoms with Crippen LogP contribution in [0.5, 0.6) is 23.1 Å². The highest BCUT2D eigenvalue weighted by Gasteiger charge is 2.23. The van der Waals surface area contributed by atoms with E-state index in [1.165, 1.54) is 0 Å². The monoisotopic (exact) mass is 511 g/mol. The van der Waals surface area contributed by atoms with Crippen LogP contribution in [0.2, 0.25) is 0 Å². The smallest absolute Gasteiger partial charge is 0.351 e. The first kappa shape index (κ1) is 23.6. The zero-order valence-electron chi connectivity index (χ0n) is 20.5. The number of aryl methyl sites for hydroxylation is 1. The van der Waals surface area contributed by atoms with Crippen LogP contribution in [0.4, 0.5) is 5.69 Å². The van der Waals surface area contributed by atoms with E-state index >= 15 is 0 Å². The standard InChI is InChI=1S/C29H25N3O6/c33-27(30-20-6-2-1-3-7-20)18-35-21-10-11-23-19(14-21)12-13-32-24(23)15-28(31-29(32)34)37-17-22-16-36-25-8-4-5-9-26(25)38-22/h1-11,14-15,22H,12-13,16-18H2,(H,30,33). The summed E-state index contributed by atoms with van der Waals surface area (Å²) in [7, 11) is 0. The van der Waals surface area contributed by atoms with Gasteiger partial charge < -0.3 is 24.3 Å². The number of fused-ring (bicyclic) bond motifs is 4. The summed E-state index contributed by atoms with van der Waals surface area (Å²) in [6.07, 6.45) is 0.320. The van der Waals surface area contributed by atoms with Gasteiger partial charge in [0.2, 0.25) is 5.88 Å². The Morgan fingerprint density at radius 2 is 1.82 bits per heavy atom. The van der Waals surface area contributed by atoms with Crippen LogP contribution in [-0.2, 0) is 17.8 Å². The molecule has 9 heteroatoms. The Morgan fingerprint density at radius 1 is 1.00 bits per heavy atom. The predicted octanol–water partition coefficient (Wildman–Crippen LogP) is 3.70. The SMILES string of the molecule is O=C(COc1ccc2c(c1)CCn1c-2cc(OCC2COc3ccccc3O2)nc1=O)Nc1ccccc1. The fourth-order valence-corrected chi connectivity index (χ4v) is 4.54. The normalized spacial score (nSPS) is 15.1. The Hall–Kier alpha value is -4.79. The van der Waals surface area contributed by atoms with Gasteiger partial charge in [-0.2, -0.15) is 4.98 Å². The van der Waals surface area contributed by atoms with E-state index in [9.17, 15) is 9.59 Å². The second kappa shape index (κ2) is 10.3. The second-order valence-electron chi connectivity index (χ2n) is 8.99. The van der Waals surface area contributed by atoms with E-state index < -0.39 is 0 Å². The number of para-hydroxylation sites is 3. The lowest BCUT2D eigenvalue weighted by molar-refractivity contribution is -0.118. The maximum atomic E-state index is 12.8. The maximum absolute atomic E-state index is 12.8. The highest BCUT2D eigenvalue weighted by Crippen LogP contribution is 2.33. The highest BCUT2D eigenvalue weighted by molar-refractivity contribution is 5.91. The predicted molar refractivity (Wildman–Crippen MR) is 140 cm³/mol. The zero-order valence-corrected chi connectivity index (χ0v) is 20.5. The molecule has 0 saturated carbocycles. The largest absolute Gasteiger partial charge is 0.486 e. The Labute approximate surface area is 218 Å². The molecule has 3 aromatic carbocycles. The number of amides is 1. The summed E-state index contributed by atoms with van der Waals surface area (Å²) in [6, 6.07) is 24.1. The molecule has 1 atom stereocenters. The molecule has 6 rings (SSSR count). The lowest BCUT2D eigenvalue weighted by Gasteiger charge is -2.26. The number of ether oxygens (including phenoxy) is 4. The van der Waals surface area contributed by atoms with Gasteiger partial charge in [-0.1, -0.05) is 30.3 Å². The van der Waals surface area contributed by atoms with Crippen molar-refractivity contribution in [1.29, 1.82) is 0 Å². The maximum Gasteiger partial charge on any atom is 0.351 e. The van der Waals surface area contributed by atoms with E-state index in [4.69, 9.17) is 18.9 Å². The topological polar surface area (TPSA) is 101 Å². The number of benzene rings is 3. The molecular weight excluding hydrogens is 486 g/mol. The van der Waals surface area contributed by atoms with Crippen molar-refractivity contribution in [3.8, 4) is 34.4 Å². The molecular formula is C29H25N3O6. The fourth-order valence-electron chi connectivity index (χ4n) is 4.54. The molecule has 0 fully saturated rings. The number of nitrogens with zero attached hydrogens (tertiary/aromatic N) is 2. The number of hydrogen-bond donors (Lipinski definition) is 1. The Bertz CT molecular complexity index is 1540. The van der Waals surface area contributed by atoms with Crippen LogP contribution in [0.15, 0.2) is 83.7 Å². The van der Waals surface area contributed by atoms with Crippen molar-refractivity contribution >= 4 is 11.6 Å².